The predicted molar refractivity (Wildman–Crippen MR) is 186 cm³/mol. The lowest BCUT2D eigenvalue weighted by Crippen LogP contribution is -2.66. The van der Waals surface area contributed by atoms with E-state index in [1.54, 1.807) is 0 Å². The van der Waals surface area contributed by atoms with E-state index in [1.807, 2.05) is 0 Å². The number of carbonyl (C=O) groups excluding carboxylic acids is 3. The van der Waals surface area contributed by atoms with Crippen molar-refractivity contribution in [2.75, 3.05) is 47.6 Å². The lowest BCUT2D eigenvalue weighted by Gasteiger charge is -2.58. The monoisotopic (exact) mass is 648 g/mol. The number of nitrogens with zero attached hydrogens (tertiary/aromatic N) is 3. The second-order valence-electron chi connectivity index (χ2n) is 16.5. The van der Waals surface area contributed by atoms with Gasteiger partial charge in [-0.25, -0.2) is 0 Å². The van der Waals surface area contributed by atoms with Crippen molar-refractivity contribution in [1.82, 2.24) is 14.7 Å². The summed E-state index contributed by atoms with van der Waals surface area (Å²) in [6, 6.07) is 0. The average Bonchev–Trinajstić information content (AvgIpc) is 3.01. The first-order valence-electron chi connectivity index (χ1n) is 18.3. The predicted octanol–water partition coefficient (Wildman–Crippen LogP) is 6.62. The highest BCUT2D eigenvalue weighted by molar-refractivity contribution is 5.83. The van der Waals surface area contributed by atoms with Crippen LogP contribution in [0.2, 0.25) is 0 Å². The fraction of sp³-hybridized carbons (Fsp3) is 0.921. The molecule has 0 amide bonds. The smallest absolute Gasteiger partial charge is 0.136 e. The Balaban J connectivity index is 0.000000192. The van der Waals surface area contributed by atoms with Crippen molar-refractivity contribution in [1.29, 1.82) is 0 Å². The van der Waals surface area contributed by atoms with Crippen molar-refractivity contribution in [2.45, 2.75) is 179 Å². The summed E-state index contributed by atoms with van der Waals surface area (Å²) in [5.41, 5.74) is 0.399. The number of hydrogen-bond donors (Lipinski definition) is 0. The van der Waals surface area contributed by atoms with Crippen molar-refractivity contribution in [3.8, 4) is 0 Å². The Morgan fingerprint density at radius 2 is 0.783 bits per heavy atom. The van der Waals surface area contributed by atoms with Crippen LogP contribution in [-0.2, 0) is 23.9 Å². The van der Waals surface area contributed by atoms with E-state index in [0.29, 0.717) is 30.2 Å². The summed E-state index contributed by atoms with van der Waals surface area (Å²) < 4.78 is 11.0. The quantitative estimate of drug-likeness (QED) is 0.337. The molecular formula is C38H69N3O5. The molecule has 5 aliphatic heterocycles. The van der Waals surface area contributed by atoms with Crippen LogP contribution in [0.5, 0.6) is 0 Å². The summed E-state index contributed by atoms with van der Waals surface area (Å²) in [6.07, 6.45) is 12.6. The van der Waals surface area contributed by atoms with Crippen molar-refractivity contribution >= 4 is 17.3 Å². The molecule has 46 heavy (non-hydrogen) atoms. The van der Waals surface area contributed by atoms with E-state index < -0.39 is 0 Å². The first-order valence-corrected chi connectivity index (χ1v) is 18.3. The minimum absolute atomic E-state index is 0.0266. The maximum absolute atomic E-state index is 12.2. The summed E-state index contributed by atoms with van der Waals surface area (Å²) in [4.78, 5) is 43.1. The number of carbonyl (C=O) groups is 3. The SMILES string of the molecule is CCC1(CC)CC(=O)CC(CC)(CC)N1C.CN1C(C)(C)CC(=O)CC1(C)C.CN1C2(CCOCC2)CC(=O)CC12CCOCC2. The normalized spacial score (nSPS) is 28.6. The third-order valence-corrected chi connectivity index (χ3v) is 13.5. The standard InChI is InChI=1S/C14H23NO3.C14H27NO.C10H19NO/c1-15-13(2-6-17-7-3-13)10-12(16)11-14(15)4-8-18-9-5-14;1-6-13(7-2)10-12(16)11-14(8-3,9-4)15(13)5;1-9(2)6-8(12)7-10(3,4)11(9)5/h2-11H2,1H3;6-11H2,1-5H3;6-7H2,1-5H3. The Bertz CT molecular complexity index is 975. The van der Waals surface area contributed by atoms with Gasteiger partial charge in [-0.15, -0.1) is 0 Å². The number of piperidine rings is 3. The average molecular weight is 648 g/mol. The van der Waals surface area contributed by atoms with Gasteiger partial charge in [-0.1, -0.05) is 27.7 Å². The van der Waals surface area contributed by atoms with Gasteiger partial charge in [0.15, 0.2) is 0 Å². The van der Waals surface area contributed by atoms with E-state index in [0.717, 1.165) is 103 Å². The van der Waals surface area contributed by atoms with E-state index in [-0.39, 0.29) is 33.2 Å². The fourth-order valence-corrected chi connectivity index (χ4v) is 9.63. The minimum atomic E-state index is 0.0266. The Kier molecular flexibility index (Phi) is 12.9. The summed E-state index contributed by atoms with van der Waals surface area (Å²) >= 11 is 0. The van der Waals surface area contributed by atoms with Crippen LogP contribution in [0.1, 0.15) is 145 Å². The maximum Gasteiger partial charge on any atom is 0.136 e. The molecule has 8 heteroatoms. The molecule has 0 bridgehead atoms. The first-order chi connectivity index (χ1) is 21.4. The molecule has 0 aromatic rings. The van der Waals surface area contributed by atoms with Gasteiger partial charge in [-0.05, 0) is 100 Å². The largest absolute Gasteiger partial charge is 0.381 e. The molecule has 5 fully saturated rings. The van der Waals surface area contributed by atoms with E-state index in [1.165, 1.54) is 0 Å². The first kappa shape index (κ1) is 39.3. The Morgan fingerprint density at radius 1 is 0.478 bits per heavy atom. The van der Waals surface area contributed by atoms with Gasteiger partial charge >= 0.3 is 0 Å². The second kappa shape index (κ2) is 15.1. The molecule has 5 rings (SSSR count). The molecule has 266 valence electrons. The van der Waals surface area contributed by atoms with Gasteiger partial charge in [0, 0.05) is 98.2 Å². The van der Waals surface area contributed by atoms with Gasteiger partial charge in [-0.3, -0.25) is 29.1 Å². The molecule has 0 unspecified atom stereocenters. The van der Waals surface area contributed by atoms with Crippen molar-refractivity contribution in [2.24, 2.45) is 0 Å². The second-order valence-corrected chi connectivity index (χ2v) is 16.5. The molecule has 0 aliphatic carbocycles. The van der Waals surface area contributed by atoms with Crippen molar-refractivity contribution in [3.05, 3.63) is 0 Å². The van der Waals surface area contributed by atoms with Crippen LogP contribution < -0.4 is 0 Å². The lowest BCUT2D eigenvalue weighted by atomic mass is 9.69. The zero-order valence-corrected chi connectivity index (χ0v) is 31.6. The molecule has 0 aromatic heterocycles. The Labute approximate surface area is 281 Å². The highest BCUT2D eigenvalue weighted by Crippen LogP contribution is 2.46. The summed E-state index contributed by atoms with van der Waals surface area (Å²) in [5.74, 6) is 1.30. The maximum atomic E-state index is 12.2. The Hall–Kier alpha value is -1.19. The Morgan fingerprint density at radius 3 is 1.11 bits per heavy atom. The number of rotatable bonds is 4. The highest BCUT2D eigenvalue weighted by Gasteiger charge is 2.53. The third-order valence-electron chi connectivity index (χ3n) is 13.5. The molecule has 5 saturated heterocycles. The molecule has 5 heterocycles. The lowest BCUT2D eigenvalue weighted by molar-refractivity contribution is -0.154. The topological polar surface area (TPSA) is 79.4 Å². The van der Waals surface area contributed by atoms with Crippen LogP contribution in [-0.4, -0.2) is 113 Å². The third kappa shape index (κ3) is 7.98. The van der Waals surface area contributed by atoms with Gasteiger partial charge in [0.25, 0.3) is 0 Å². The minimum Gasteiger partial charge on any atom is -0.381 e. The summed E-state index contributed by atoms with van der Waals surface area (Å²) in [5, 5.41) is 0. The van der Waals surface area contributed by atoms with E-state index in [2.05, 4.69) is 91.2 Å². The number of ketones is 3. The van der Waals surface area contributed by atoms with Crippen LogP contribution in [0.3, 0.4) is 0 Å². The number of ether oxygens (including phenoxy) is 2. The molecule has 8 nitrogen and oxygen atoms in total. The zero-order valence-electron chi connectivity index (χ0n) is 31.6. The van der Waals surface area contributed by atoms with E-state index >= 15 is 0 Å². The van der Waals surface area contributed by atoms with Gasteiger partial charge in [0.05, 0.1) is 0 Å². The molecule has 0 atom stereocenters. The fourth-order valence-electron chi connectivity index (χ4n) is 9.63. The van der Waals surface area contributed by atoms with Crippen molar-refractivity contribution < 1.29 is 23.9 Å². The molecule has 5 aliphatic rings. The number of hydrogen-bond acceptors (Lipinski definition) is 8. The van der Waals surface area contributed by atoms with Crippen LogP contribution in [0.15, 0.2) is 0 Å². The summed E-state index contributed by atoms with van der Waals surface area (Å²) in [7, 11) is 6.56. The van der Waals surface area contributed by atoms with Gasteiger partial charge in [0.2, 0.25) is 0 Å². The molecule has 0 saturated carbocycles. The van der Waals surface area contributed by atoms with E-state index in [9.17, 15) is 14.4 Å². The van der Waals surface area contributed by atoms with Crippen LogP contribution in [0.25, 0.3) is 0 Å². The number of Topliss-reactive ketones (excluding diaryl/α,β-unsaturated/α-hetero) is 3. The van der Waals surface area contributed by atoms with Crippen LogP contribution in [0, 0.1) is 0 Å². The van der Waals surface area contributed by atoms with Crippen molar-refractivity contribution in [3.63, 3.8) is 0 Å². The molecule has 0 N–H and O–H groups in total. The molecule has 2 spiro atoms. The summed E-state index contributed by atoms with van der Waals surface area (Å²) in [6.45, 7) is 20.6. The van der Waals surface area contributed by atoms with Gasteiger partial charge in [-0.2, -0.15) is 0 Å². The zero-order chi connectivity index (χ0) is 34.6. The van der Waals surface area contributed by atoms with E-state index in [4.69, 9.17) is 9.47 Å². The van der Waals surface area contributed by atoms with Gasteiger partial charge < -0.3 is 9.47 Å². The van der Waals surface area contributed by atoms with Crippen LogP contribution >= 0.6 is 0 Å². The molecular weight excluding hydrogens is 578 g/mol. The number of likely N-dealkylation sites (tertiary alicyclic amines) is 3. The van der Waals surface area contributed by atoms with Gasteiger partial charge in [0.1, 0.15) is 17.3 Å². The van der Waals surface area contributed by atoms with Crippen LogP contribution in [0.4, 0.5) is 0 Å². The molecule has 0 aromatic carbocycles. The molecule has 0 radical (unpaired) electrons. The highest BCUT2D eigenvalue weighted by atomic mass is 16.5.